The number of ether oxygens (including phenoxy) is 3. The molecule has 10 heteroatoms. The standard InChI is InChI=1S/C32H31Cl3N4O3/c33-24-6-3-22(4-7-24)2-1-13-38-14-11-27-23(17-38)5-10-30(31(27)36)40-18-26-19-41-32(42-26,20-39-15-12-37-21-39)28-9-8-25(34)16-29(28)35/h1-10,12,15-16,21,26H,11,13-14,17-20,36H2/t26-,32-/m1/s1. The van der Waals surface area contributed by atoms with Gasteiger partial charge in [-0.15, -0.1) is 0 Å². The Morgan fingerprint density at radius 2 is 1.90 bits per heavy atom. The molecule has 0 bridgehead atoms. The van der Waals surface area contributed by atoms with Crippen LogP contribution in [-0.2, 0) is 34.8 Å². The average molecular weight is 626 g/mol. The van der Waals surface area contributed by atoms with Crippen LogP contribution in [0.3, 0.4) is 0 Å². The highest BCUT2D eigenvalue weighted by molar-refractivity contribution is 6.35. The maximum atomic E-state index is 6.61. The van der Waals surface area contributed by atoms with Crippen LogP contribution in [0.1, 0.15) is 22.3 Å². The smallest absolute Gasteiger partial charge is 0.215 e. The van der Waals surface area contributed by atoms with Crippen LogP contribution < -0.4 is 10.5 Å². The summed E-state index contributed by atoms with van der Waals surface area (Å²) in [6.45, 7) is 3.60. The maximum absolute atomic E-state index is 6.61. The van der Waals surface area contributed by atoms with Gasteiger partial charge in [0.05, 0.1) is 30.2 Å². The molecule has 0 spiro atoms. The Morgan fingerprint density at radius 3 is 2.69 bits per heavy atom. The third-order valence-electron chi connectivity index (χ3n) is 7.61. The first-order valence-electron chi connectivity index (χ1n) is 13.8. The first kappa shape index (κ1) is 29.1. The van der Waals surface area contributed by atoms with Crippen molar-refractivity contribution < 1.29 is 14.2 Å². The third kappa shape index (κ3) is 6.47. The SMILES string of the molecule is Nc1c(OC[C@@H]2CO[C@@](Cn3ccnc3)(c3ccc(Cl)cc3Cl)O2)ccc2c1CCN(CC=Cc1ccc(Cl)cc1)C2. The molecule has 7 nitrogen and oxygen atoms in total. The highest BCUT2D eigenvalue weighted by Crippen LogP contribution is 2.41. The molecular formula is C32H31Cl3N4O3. The van der Waals surface area contributed by atoms with Crippen LogP contribution in [0.25, 0.3) is 6.08 Å². The molecule has 1 fully saturated rings. The number of rotatable bonds is 9. The first-order chi connectivity index (χ1) is 20.4. The quantitative estimate of drug-likeness (QED) is 0.205. The summed E-state index contributed by atoms with van der Waals surface area (Å²) in [5.41, 5.74) is 11.5. The Hall–Kier alpha value is -3.04. The van der Waals surface area contributed by atoms with E-state index in [4.69, 9.17) is 54.7 Å². The fraction of sp³-hybridized carbons (Fsp3) is 0.281. The van der Waals surface area contributed by atoms with Gasteiger partial charge in [0.1, 0.15) is 18.5 Å². The summed E-state index contributed by atoms with van der Waals surface area (Å²) in [6.07, 6.45) is 10.1. The second-order valence-electron chi connectivity index (χ2n) is 10.5. The van der Waals surface area contributed by atoms with Crippen molar-refractivity contribution >= 4 is 46.6 Å². The van der Waals surface area contributed by atoms with Gasteiger partial charge in [-0.2, -0.15) is 0 Å². The number of halogens is 3. The molecule has 3 heterocycles. The number of hydrogen-bond donors (Lipinski definition) is 1. The molecule has 2 aliphatic rings. The van der Waals surface area contributed by atoms with E-state index in [1.54, 1.807) is 24.7 Å². The van der Waals surface area contributed by atoms with Gasteiger partial charge in [-0.3, -0.25) is 4.90 Å². The summed E-state index contributed by atoms with van der Waals surface area (Å²) < 4.78 is 20.9. The van der Waals surface area contributed by atoms with Crippen LogP contribution in [0.2, 0.25) is 15.1 Å². The largest absolute Gasteiger partial charge is 0.489 e. The number of nitrogens with zero attached hydrogens (tertiary/aromatic N) is 3. The number of aromatic nitrogens is 2. The second-order valence-corrected chi connectivity index (χ2v) is 11.8. The molecule has 0 unspecified atom stereocenters. The van der Waals surface area contributed by atoms with Crippen LogP contribution >= 0.6 is 34.8 Å². The van der Waals surface area contributed by atoms with E-state index < -0.39 is 5.79 Å². The Labute approximate surface area is 260 Å². The van der Waals surface area contributed by atoms with Gasteiger partial charge in [-0.1, -0.05) is 71.2 Å². The summed E-state index contributed by atoms with van der Waals surface area (Å²) >= 11 is 18.7. The molecule has 3 aromatic carbocycles. The van der Waals surface area contributed by atoms with E-state index in [1.165, 1.54) is 5.56 Å². The summed E-state index contributed by atoms with van der Waals surface area (Å²) in [7, 11) is 0. The van der Waals surface area contributed by atoms with Gasteiger partial charge in [0.25, 0.3) is 0 Å². The molecule has 0 aliphatic carbocycles. The molecule has 42 heavy (non-hydrogen) atoms. The topological polar surface area (TPSA) is 74.8 Å². The van der Waals surface area contributed by atoms with Crippen molar-refractivity contribution in [3.8, 4) is 5.75 Å². The molecule has 2 aliphatic heterocycles. The Morgan fingerprint density at radius 1 is 1.07 bits per heavy atom. The van der Waals surface area contributed by atoms with E-state index in [-0.39, 0.29) is 12.7 Å². The normalized spacial score (nSPS) is 20.7. The molecule has 2 N–H and O–H groups in total. The van der Waals surface area contributed by atoms with Gasteiger partial charge in [0.2, 0.25) is 5.79 Å². The molecule has 2 atom stereocenters. The number of anilines is 1. The van der Waals surface area contributed by atoms with Crippen molar-refractivity contribution in [2.45, 2.75) is 31.4 Å². The van der Waals surface area contributed by atoms with Crippen LogP contribution in [0, 0.1) is 0 Å². The van der Waals surface area contributed by atoms with Crippen molar-refractivity contribution in [2.75, 3.05) is 32.0 Å². The van der Waals surface area contributed by atoms with E-state index >= 15 is 0 Å². The third-order valence-corrected chi connectivity index (χ3v) is 8.41. The maximum Gasteiger partial charge on any atom is 0.215 e. The fourth-order valence-corrected chi connectivity index (χ4v) is 6.15. The summed E-state index contributed by atoms with van der Waals surface area (Å²) in [5.74, 6) is -0.450. The molecule has 6 rings (SSSR count). The minimum absolute atomic E-state index is 0.279. The van der Waals surface area contributed by atoms with Gasteiger partial charge in [0.15, 0.2) is 0 Å². The highest BCUT2D eigenvalue weighted by Gasteiger charge is 2.45. The minimum Gasteiger partial charge on any atom is -0.489 e. The number of hydrogen-bond acceptors (Lipinski definition) is 6. The van der Waals surface area contributed by atoms with Crippen molar-refractivity contribution in [3.63, 3.8) is 0 Å². The zero-order valence-electron chi connectivity index (χ0n) is 22.9. The lowest BCUT2D eigenvalue weighted by molar-refractivity contribution is -0.189. The summed E-state index contributed by atoms with van der Waals surface area (Å²) in [4.78, 5) is 6.55. The lowest BCUT2D eigenvalue weighted by Crippen LogP contribution is -2.34. The molecule has 1 saturated heterocycles. The molecule has 218 valence electrons. The lowest BCUT2D eigenvalue weighted by Gasteiger charge is -2.30. The Kier molecular flexibility index (Phi) is 8.77. The fourth-order valence-electron chi connectivity index (χ4n) is 5.47. The van der Waals surface area contributed by atoms with Gasteiger partial charge in [0, 0.05) is 47.6 Å². The number of nitrogen functional groups attached to an aromatic ring is 1. The van der Waals surface area contributed by atoms with Crippen LogP contribution in [-0.4, -0.2) is 46.9 Å². The monoisotopic (exact) mass is 624 g/mol. The van der Waals surface area contributed by atoms with E-state index in [0.717, 1.165) is 42.2 Å². The number of fused-ring (bicyclic) bond motifs is 1. The molecular weight excluding hydrogens is 595 g/mol. The van der Waals surface area contributed by atoms with Crippen LogP contribution in [0.15, 0.2) is 79.4 Å². The van der Waals surface area contributed by atoms with Crippen LogP contribution in [0.4, 0.5) is 5.69 Å². The number of benzene rings is 3. The van der Waals surface area contributed by atoms with E-state index in [9.17, 15) is 0 Å². The molecule has 4 aromatic rings. The van der Waals surface area contributed by atoms with Gasteiger partial charge in [-0.05, 0) is 53.4 Å². The van der Waals surface area contributed by atoms with Crippen molar-refractivity contribution in [1.82, 2.24) is 14.5 Å². The minimum atomic E-state index is -1.11. The van der Waals surface area contributed by atoms with Gasteiger partial charge >= 0.3 is 0 Å². The molecule has 0 amide bonds. The van der Waals surface area contributed by atoms with E-state index in [2.05, 4.69) is 28.1 Å². The van der Waals surface area contributed by atoms with Crippen molar-refractivity contribution in [1.29, 1.82) is 0 Å². The number of nitrogens with two attached hydrogens (primary N) is 1. The molecule has 0 saturated carbocycles. The van der Waals surface area contributed by atoms with Gasteiger partial charge in [-0.25, -0.2) is 4.98 Å². The first-order valence-corrected chi connectivity index (χ1v) is 14.9. The zero-order valence-corrected chi connectivity index (χ0v) is 25.2. The van der Waals surface area contributed by atoms with Crippen molar-refractivity contribution in [3.05, 3.63) is 117 Å². The van der Waals surface area contributed by atoms with E-state index in [0.29, 0.717) is 40.2 Å². The Balaban J connectivity index is 1.09. The second kappa shape index (κ2) is 12.7. The predicted octanol–water partition coefficient (Wildman–Crippen LogP) is 6.84. The number of imidazole rings is 1. The van der Waals surface area contributed by atoms with Crippen LogP contribution in [0.5, 0.6) is 5.75 Å². The summed E-state index contributed by atoms with van der Waals surface area (Å²) in [5, 5.41) is 1.75. The zero-order chi connectivity index (χ0) is 29.1. The Bertz CT molecular complexity index is 1560. The van der Waals surface area contributed by atoms with Crippen molar-refractivity contribution in [2.24, 2.45) is 0 Å². The molecule has 0 radical (unpaired) electrons. The highest BCUT2D eigenvalue weighted by atomic mass is 35.5. The molecule has 1 aromatic heterocycles. The summed E-state index contributed by atoms with van der Waals surface area (Å²) in [6, 6.07) is 17.2. The predicted molar refractivity (Wildman–Crippen MR) is 167 cm³/mol. The van der Waals surface area contributed by atoms with E-state index in [1.807, 2.05) is 47.2 Å². The lowest BCUT2D eigenvalue weighted by atomic mass is 9.97. The average Bonchev–Trinajstić information content (AvgIpc) is 3.64. The van der Waals surface area contributed by atoms with Gasteiger partial charge < -0.3 is 24.5 Å².